The van der Waals surface area contributed by atoms with Crippen molar-refractivity contribution in [3.63, 3.8) is 0 Å². The molecule has 0 aliphatic rings. The van der Waals surface area contributed by atoms with Gasteiger partial charge in [-0.1, -0.05) is 0 Å². The van der Waals surface area contributed by atoms with Crippen LogP contribution in [0.4, 0.5) is 0 Å². The molecule has 0 unspecified atom stereocenters. The molecule has 0 aliphatic carbocycles. The van der Waals surface area contributed by atoms with Gasteiger partial charge in [-0.3, -0.25) is 0 Å². The number of hydrogen-bond acceptors (Lipinski definition) is 4. The summed E-state index contributed by atoms with van der Waals surface area (Å²) in [6.45, 7) is 1.97. The van der Waals surface area contributed by atoms with Crippen LogP contribution in [0.3, 0.4) is 0 Å². The lowest BCUT2D eigenvalue weighted by atomic mass is 10.5. The fourth-order valence-electron chi connectivity index (χ4n) is 0.891. The first kappa shape index (κ1) is 7.36. The second kappa shape index (κ2) is 2.98. The van der Waals surface area contributed by atoms with Gasteiger partial charge >= 0.3 is 0 Å². The molecule has 2 aromatic rings. The largest absolute Gasteiger partial charge is 0.249 e. The second-order valence-corrected chi connectivity index (χ2v) is 3.55. The number of aromatic nitrogens is 3. The average molecular weight is 177 g/mol. The zero-order valence-electron chi connectivity index (χ0n) is 6.56. The van der Waals surface area contributed by atoms with E-state index < -0.39 is 0 Å². The summed E-state index contributed by atoms with van der Waals surface area (Å²) in [4.78, 5) is 13.4. The lowest BCUT2D eigenvalue weighted by Gasteiger charge is -1.90. The summed E-state index contributed by atoms with van der Waals surface area (Å²) in [6.07, 6.45) is 5.27. The maximum absolute atomic E-state index is 4.13. The molecule has 0 aromatic carbocycles. The van der Waals surface area contributed by atoms with Crippen LogP contribution < -0.4 is 0 Å². The van der Waals surface area contributed by atoms with E-state index in [2.05, 4.69) is 15.0 Å². The Kier molecular flexibility index (Phi) is 1.83. The van der Waals surface area contributed by atoms with Crippen molar-refractivity contribution >= 4 is 11.3 Å². The Labute approximate surface area is 74.2 Å². The molecule has 0 aliphatic heterocycles. The Morgan fingerprint density at radius 1 is 1.17 bits per heavy atom. The molecular weight excluding hydrogens is 170 g/mol. The van der Waals surface area contributed by atoms with Gasteiger partial charge in [0.05, 0.1) is 9.88 Å². The molecule has 0 spiro atoms. The minimum absolute atomic E-state index is 0.753. The van der Waals surface area contributed by atoms with Gasteiger partial charge in [0, 0.05) is 18.6 Å². The van der Waals surface area contributed by atoms with E-state index in [1.165, 1.54) is 0 Å². The molecule has 3 nitrogen and oxygen atoms in total. The zero-order valence-corrected chi connectivity index (χ0v) is 7.38. The monoisotopic (exact) mass is 177 g/mol. The summed E-state index contributed by atoms with van der Waals surface area (Å²) in [5.74, 6) is 0.753. The lowest BCUT2D eigenvalue weighted by molar-refractivity contribution is 1.18. The van der Waals surface area contributed by atoms with Gasteiger partial charge in [0.25, 0.3) is 0 Å². The van der Waals surface area contributed by atoms with Crippen LogP contribution in [0.1, 0.15) is 5.01 Å². The number of nitrogens with zero attached hydrogens (tertiary/aromatic N) is 3. The van der Waals surface area contributed by atoms with Gasteiger partial charge in [-0.25, -0.2) is 15.0 Å². The Morgan fingerprint density at radius 3 is 2.50 bits per heavy atom. The van der Waals surface area contributed by atoms with E-state index in [1.54, 1.807) is 36.0 Å². The molecule has 0 amide bonds. The Balaban J connectivity index is 2.45. The van der Waals surface area contributed by atoms with E-state index in [0.717, 1.165) is 15.7 Å². The topological polar surface area (TPSA) is 38.7 Å². The Morgan fingerprint density at radius 2 is 1.92 bits per heavy atom. The molecule has 4 heteroatoms. The molecule has 2 heterocycles. The van der Waals surface area contributed by atoms with Crippen molar-refractivity contribution < 1.29 is 0 Å². The maximum atomic E-state index is 4.13. The van der Waals surface area contributed by atoms with E-state index in [4.69, 9.17) is 0 Å². The third-order valence-corrected chi connectivity index (χ3v) is 2.32. The van der Waals surface area contributed by atoms with E-state index in [0.29, 0.717) is 0 Å². The molecule has 2 rings (SSSR count). The van der Waals surface area contributed by atoms with Crippen LogP contribution in [0.25, 0.3) is 10.7 Å². The normalized spacial score (nSPS) is 10.1. The summed E-state index contributed by atoms with van der Waals surface area (Å²) in [5, 5.41) is 1.04. The van der Waals surface area contributed by atoms with Crippen LogP contribution in [0, 0.1) is 6.92 Å². The minimum Gasteiger partial charge on any atom is -0.249 e. The van der Waals surface area contributed by atoms with Crippen molar-refractivity contribution in [1.29, 1.82) is 0 Å². The number of rotatable bonds is 1. The maximum Gasteiger partial charge on any atom is 0.171 e. The molecule has 0 N–H and O–H groups in total. The van der Waals surface area contributed by atoms with E-state index in [-0.39, 0.29) is 0 Å². The van der Waals surface area contributed by atoms with Crippen LogP contribution in [0.2, 0.25) is 0 Å². The zero-order chi connectivity index (χ0) is 8.39. The molecule has 0 bridgehead atoms. The minimum atomic E-state index is 0.753. The average Bonchev–Trinajstić information content (AvgIpc) is 2.54. The van der Waals surface area contributed by atoms with Crippen molar-refractivity contribution in [3.8, 4) is 10.7 Å². The SMILES string of the molecule is Cc1ncc(-c2ncccn2)s1. The molecule has 12 heavy (non-hydrogen) atoms. The van der Waals surface area contributed by atoms with Gasteiger partial charge in [-0.2, -0.15) is 0 Å². The van der Waals surface area contributed by atoms with E-state index >= 15 is 0 Å². The number of aryl methyl sites for hydroxylation is 1. The fourth-order valence-corrected chi connectivity index (χ4v) is 1.62. The number of hydrogen-bond donors (Lipinski definition) is 0. The third-order valence-electron chi connectivity index (χ3n) is 1.41. The first-order valence-electron chi connectivity index (χ1n) is 3.56. The smallest absolute Gasteiger partial charge is 0.171 e. The summed E-state index contributed by atoms with van der Waals surface area (Å²) in [6, 6.07) is 1.80. The second-order valence-electron chi connectivity index (χ2n) is 2.32. The van der Waals surface area contributed by atoms with Gasteiger partial charge in [-0.15, -0.1) is 11.3 Å². The third kappa shape index (κ3) is 1.33. The molecular formula is C8H7N3S. The molecule has 0 radical (unpaired) electrons. The first-order chi connectivity index (χ1) is 5.86. The highest BCUT2D eigenvalue weighted by Crippen LogP contribution is 2.20. The van der Waals surface area contributed by atoms with E-state index in [1.807, 2.05) is 6.92 Å². The highest BCUT2D eigenvalue weighted by molar-refractivity contribution is 7.14. The molecule has 0 fully saturated rings. The summed E-state index contributed by atoms with van der Waals surface area (Å²) in [7, 11) is 0. The van der Waals surface area contributed by atoms with Crippen molar-refractivity contribution in [2.24, 2.45) is 0 Å². The standard InChI is InChI=1S/C8H7N3S/c1-6-11-5-7(12-6)8-9-3-2-4-10-8/h2-5H,1H3. The lowest BCUT2D eigenvalue weighted by Crippen LogP contribution is -1.82. The quantitative estimate of drug-likeness (QED) is 0.667. The van der Waals surface area contributed by atoms with Gasteiger partial charge in [0.1, 0.15) is 0 Å². The predicted octanol–water partition coefficient (Wildman–Crippen LogP) is 1.91. The van der Waals surface area contributed by atoms with Gasteiger partial charge in [0.15, 0.2) is 5.82 Å². The highest BCUT2D eigenvalue weighted by atomic mass is 32.1. The molecule has 2 aromatic heterocycles. The first-order valence-corrected chi connectivity index (χ1v) is 4.38. The molecule has 0 atom stereocenters. The highest BCUT2D eigenvalue weighted by Gasteiger charge is 2.02. The fraction of sp³-hybridized carbons (Fsp3) is 0.125. The summed E-state index contributed by atoms with van der Waals surface area (Å²) < 4.78 is 0. The van der Waals surface area contributed by atoms with Crippen molar-refractivity contribution in [1.82, 2.24) is 15.0 Å². The van der Waals surface area contributed by atoms with Crippen LogP contribution in [-0.2, 0) is 0 Å². The van der Waals surface area contributed by atoms with E-state index in [9.17, 15) is 0 Å². The molecule has 0 saturated heterocycles. The van der Waals surface area contributed by atoms with Crippen molar-refractivity contribution in [3.05, 3.63) is 29.7 Å². The Bertz CT molecular complexity index is 369. The van der Waals surface area contributed by atoms with Crippen molar-refractivity contribution in [2.45, 2.75) is 6.92 Å². The Hall–Kier alpha value is -1.29. The van der Waals surface area contributed by atoms with Gasteiger partial charge < -0.3 is 0 Å². The van der Waals surface area contributed by atoms with Gasteiger partial charge in [0.2, 0.25) is 0 Å². The summed E-state index contributed by atoms with van der Waals surface area (Å²) >= 11 is 1.60. The van der Waals surface area contributed by atoms with Crippen molar-refractivity contribution in [2.75, 3.05) is 0 Å². The molecule has 60 valence electrons. The van der Waals surface area contributed by atoms with Gasteiger partial charge in [-0.05, 0) is 13.0 Å². The van der Waals surface area contributed by atoms with Crippen LogP contribution in [0.15, 0.2) is 24.7 Å². The number of thiazole rings is 1. The summed E-state index contributed by atoms with van der Waals surface area (Å²) in [5.41, 5.74) is 0. The molecule has 0 saturated carbocycles. The van der Waals surface area contributed by atoms with Crippen LogP contribution in [-0.4, -0.2) is 15.0 Å². The van der Waals surface area contributed by atoms with Crippen LogP contribution in [0.5, 0.6) is 0 Å². The van der Waals surface area contributed by atoms with Crippen LogP contribution >= 0.6 is 11.3 Å². The predicted molar refractivity (Wildman–Crippen MR) is 47.9 cm³/mol.